The highest BCUT2D eigenvalue weighted by atomic mass is 32.2. The predicted molar refractivity (Wildman–Crippen MR) is 120 cm³/mol. The average molecular weight is 510 g/mol. The molecule has 0 saturated carbocycles. The Morgan fingerprint density at radius 2 is 1.21 bits per heavy atom. The molecular formula is C21H23N3O8S2. The molecule has 2 aromatic carbocycles. The summed E-state index contributed by atoms with van der Waals surface area (Å²) in [7, 11) is -8.41. The second-order valence-electron chi connectivity index (χ2n) is 7.32. The van der Waals surface area contributed by atoms with E-state index in [4.69, 9.17) is 0 Å². The van der Waals surface area contributed by atoms with Gasteiger partial charge < -0.3 is 5.32 Å². The van der Waals surface area contributed by atoms with Crippen LogP contribution in [0.5, 0.6) is 0 Å². The number of hydrogen-bond acceptors (Lipinski definition) is 8. The minimum Gasteiger partial charge on any atom is -0.349 e. The summed E-state index contributed by atoms with van der Waals surface area (Å²) in [6, 6.07) is 11.3. The number of hydrogen-bond donors (Lipinski definition) is 3. The Kier molecular flexibility index (Phi) is 8.79. The van der Waals surface area contributed by atoms with Gasteiger partial charge in [-0.25, -0.2) is 16.8 Å². The van der Waals surface area contributed by atoms with Gasteiger partial charge in [-0.3, -0.25) is 24.6 Å². The topological polar surface area (TPSA) is 173 Å². The van der Waals surface area contributed by atoms with Crippen molar-refractivity contribution in [3.8, 4) is 0 Å². The second kappa shape index (κ2) is 11.1. The van der Waals surface area contributed by atoms with Gasteiger partial charge in [-0.1, -0.05) is 35.4 Å². The van der Waals surface area contributed by atoms with Crippen molar-refractivity contribution in [1.82, 2.24) is 15.6 Å². The van der Waals surface area contributed by atoms with E-state index in [0.717, 1.165) is 11.1 Å². The van der Waals surface area contributed by atoms with Crippen LogP contribution in [0.2, 0.25) is 0 Å². The monoisotopic (exact) mass is 509 g/mol. The number of nitrogens with one attached hydrogen (secondary N) is 3. The molecule has 0 aliphatic carbocycles. The van der Waals surface area contributed by atoms with Gasteiger partial charge in [-0.15, -0.1) is 4.83 Å². The number of sulfonamides is 1. The number of benzene rings is 2. The maximum absolute atomic E-state index is 12.2. The third-order valence-corrected chi connectivity index (χ3v) is 7.33. The first-order chi connectivity index (χ1) is 15.8. The average Bonchev–Trinajstić information content (AvgIpc) is 2.77. The molecule has 0 aliphatic heterocycles. The number of ketones is 1. The van der Waals surface area contributed by atoms with E-state index in [1.54, 1.807) is 26.0 Å². The van der Waals surface area contributed by atoms with Crippen molar-refractivity contribution in [2.45, 2.75) is 36.5 Å². The van der Waals surface area contributed by atoms with Crippen LogP contribution in [-0.2, 0) is 39.0 Å². The number of aryl methyl sites for hydroxylation is 2. The summed E-state index contributed by atoms with van der Waals surface area (Å²) in [5.41, 5.74) is 3.51. The molecule has 0 spiro atoms. The number of sulfone groups is 1. The molecule has 0 atom stereocenters. The third kappa shape index (κ3) is 7.57. The molecule has 0 saturated heterocycles. The number of Topliss-reactive ketones (excluding diaryl/α,β-unsaturated/α-hetero) is 1. The van der Waals surface area contributed by atoms with Gasteiger partial charge in [-0.2, -0.15) is 0 Å². The molecule has 182 valence electrons. The summed E-state index contributed by atoms with van der Waals surface area (Å²) in [4.78, 5) is 49.1. The molecular weight excluding hydrogens is 486 g/mol. The Balaban J connectivity index is 1.80. The molecule has 3 N–H and O–H groups in total. The van der Waals surface area contributed by atoms with Gasteiger partial charge in [0.2, 0.25) is 21.7 Å². The largest absolute Gasteiger partial charge is 0.349 e. The summed E-state index contributed by atoms with van der Waals surface area (Å²) in [6.07, 6.45) is -1.78. The number of amides is 2. The molecule has 0 aromatic heterocycles. The highest BCUT2D eigenvalue weighted by Gasteiger charge is 2.27. The van der Waals surface area contributed by atoms with Crippen LogP contribution < -0.4 is 15.6 Å². The zero-order valence-electron chi connectivity index (χ0n) is 18.3. The minimum atomic E-state index is -4.37. The van der Waals surface area contributed by atoms with Crippen molar-refractivity contribution >= 4 is 42.6 Å². The van der Waals surface area contributed by atoms with E-state index < -0.39 is 62.0 Å². The zero-order chi connectivity index (χ0) is 25.5. The fraction of sp³-hybridized carbons (Fsp3) is 0.238. The predicted octanol–water partition coefficient (Wildman–Crippen LogP) is 0.0789. The summed E-state index contributed by atoms with van der Waals surface area (Å²) in [6.45, 7) is 2.85. The molecule has 13 heteroatoms. The van der Waals surface area contributed by atoms with Gasteiger partial charge in [0.25, 0.3) is 15.1 Å². The Morgan fingerprint density at radius 3 is 1.74 bits per heavy atom. The lowest BCUT2D eigenvalue weighted by molar-refractivity contribution is -0.131. The van der Waals surface area contributed by atoms with Crippen LogP contribution in [-0.4, -0.2) is 46.1 Å². The molecule has 11 nitrogen and oxygen atoms in total. The van der Waals surface area contributed by atoms with Crippen molar-refractivity contribution in [2.75, 3.05) is 6.54 Å². The molecule has 0 radical (unpaired) electrons. The zero-order valence-corrected chi connectivity index (χ0v) is 20.0. The molecule has 0 heterocycles. The van der Waals surface area contributed by atoms with Gasteiger partial charge >= 0.3 is 0 Å². The van der Waals surface area contributed by atoms with Gasteiger partial charge in [-0.05, 0) is 38.1 Å². The lowest BCUT2D eigenvalue weighted by atomic mass is 10.2. The SMILES string of the molecule is Cc1ccc(S(=O)(=O)NNC(=O)CC(=O)CNC(=O)CC(=O)S(=O)(=O)c2ccc(C)cc2)cc1. The first-order valence-corrected chi connectivity index (χ1v) is 12.8. The second-order valence-corrected chi connectivity index (χ2v) is 10.9. The summed E-state index contributed by atoms with van der Waals surface area (Å²) in [5, 5.41) is 0.719. The van der Waals surface area contributed by atoms with Crippen molar-refractivity contribution < 1.29 is 36.0 Å². The maximum Gasteiger partial charge on any atom is 0.260 e. The third-order valence-electron chi connectivity index (χ3n) is 4.43. The van der Waals surface area contributed by atoms with Crippen molar-refractivity contribution in [1.29, 1.82) is 0 Å². The van der Waals surface area contributed by atoms with E-state index >= 15 is 0 Å². The molecule has 0 fully saturated rings. The Bertz CT molecular complexity index is 1300. The lowest BCUT2D eigenvalue weighted by Crippen LogP contribution is -2.43. The fourth-order valence-corrected chi connectivity index (χ4v) is 4.46. The summed E-state index contributed by atoms with van der Waals surface area (Å²) >= 11 is 0. The first-order valence-electron chi connectivity index (χ1n) is 9.81. The molecule has 0 bridgehead atoms. The lowest BCUT2D eigenvalue weighted by Gasteiger charge is -2.09. The Hall–Kier alpha value is -3.42. The first kappa shape index (κ1) is 26.8. The molecule has 2 aromatic rings. The van der Waals surface area contributed by atoms with E-state index in [9.17, 15) is 36.0 Å². The molecule has 0 unspecified atom stereocenters. The van der Waals surface area contributed by atoms with Crippen LogP contribution in [0.1, 0.15) is 24.0 Å². The quantitative estimate of drug-likeness (QED) is 0.298. The smallest absolute Gasteiger partial charge is 0.260 e. The van der Waals surface area contributed by atoms with E-state index in [2.05, 4.69) is 5.32 Å². The Labute approximate surface area is 196 Å². The number of hydrazine groups is 1. The number of carbonyl (C=O) groups excluding carboxylic acids is 4. The molecule has 34 heavy (non-hydrogen) atoms. The van der Waals surface area contributed by atoms with E-state index in [-0.39, 0.29) is 9.79 Å². The minimum absolute atomic E-state index is 0.0951. The number of rotatable bonds is 10. The van der Waals surface area contributed by atoms with Crippen LogP contribution in [0, 0.1) is 13.8 Å². The van der Waals surface area contributed by atoms with Crippen LogP contribution in [0.25, 0.3) is 0 Å². The normalized spacial score (nSPS) is 11.5. The van der Waals surface area contributed by atoms with Crippen molar-refractivity contribution in [3.63, 3.8) is 0 Å². The maximum atomic E-state index is 12.2. The van der Waals surface area contributed by atoms with Crippen LogP contribution >= 0.6 is 0 Å². The summed E-state index contributed by atoms with van der Waals surface area (Å²) < 4.78 is 48.7. The van der Waals surface area contributed by atoms with Gasteiger partial charge in [0.1, 0.15) is 6.42 Å². The van der Waals surface area contributed by atoms with Crippen LogP contribution in [0.15, 0.2) is 58.3 Å². The van der Waals surface area contributed by atoms with Gasteiger partial charge in [0, 0.05) is 0 Å². The van der Waals surface area contributed by atoms with E-state index in [0.29, 0.717) is 0 Å². The van der Waals surface area contributed by atoms with Crippen molar-refractivity contribution in [3.05, 3.63) is 59.7 Å². The fourth-order valence-electron chi connectivity index (χ4n) is 2.52. The molecule has 0 aliphatic rings. The van der Waals surface area contributed by atoms with Crippen LogP contribution in [0.4, 0.5) is 0 Å². The highest BCUT2D eigenvalue weighted by molar-refractivity contribution is 8.06. The van der Waals surface area contributed by atoms with Crippen molar-refractivity contribution in [2.24, 2.45) is 0 Å². The van der Waals surface area contributed by atoms with E-state index in [1.165, 1.54) is 36.4 Å². The highest BCUT2D eigenvalue weighted by Crippen LogP contribution is 2.14. The summed E-state index contributed by atoms with van der Waals surface area (Å²) in [5.74, 6) is -2.79. The standard InChI is InChI=1S/C21H23N3O8S2/c1-14-3-7-17(8-4-14)33(29,30)21(28)12-19(26)22-13-16(25)11-20(27)23-24-34(31,32)18-9-5-15(2)6-10-18/h3-10,24H,11-13H2,1-2H3,(H,22,26)(H,23,27). The van der Waals surface area contributed by atoms with Crippen LogP contribution in [0.3, 0.4) is 0 Å². The Morgan fingerprint density at radius 1 is 0.706 bits per heavy atom. The number of carbonyl (C=O) groups is 4. The van der Waals surface area contributed by atoms with E-state index in [1.807, 2.05) is 10.3 Å². The van der Waals surface area contributed by atoms with Gasteiger partial charge in [0.15, 0.2) is 5.78 Å². The van der Waals surface area contributed by atoms with Gasteiger partial charge in [0.05, 0.1) is 22.8 Å². The molecule has 2 amide bonds. The molecule has 2 rings (SSSR count).